The fraction of sp³-hybridized carbons (Fsp3) is 0.469. The smallest absolute Gasteiger partial charge is 0.243 e. The summed E-state index contributed by atoms with van der Waals surface area (Å²) in [6, 6.07) is 6.34. The van der Waals surface area contributed by atoms with E-state index in [0.717, 1.165) is 16.5 Å². The summed E-state index contributed by atoms with van der Waals surface area (Å²) >= 11 is 6.21. The number of fused-ring (bicyclic) bond motifs is 1. The molecule has 0 spiro atoms. The van der Waals surface area contributed by atoms with E-state index < -0.39 is 89.9 Å². The van der Waals surface area contributed by atoms with Crippen molar-refractivity contribution < 1.29 is 38.4 Å². The number of imidazole rings is 1. The van der Waals surface area contributed by atoms with E-state index in [-0.39, 0.29) is 64.1 Å². The third-order valence-electron chi connectivity index (χ3n) is 11.9. The largest absolute Gasteiger partial charge is 0.370 e. The number of nitrogens with zero attached hydrogens (tertiary/aromatic N) is 2. The fourth-order valence-electron chi connectivity index (χ4n) is 8.13. The zero-order valence-electron chi connectivity index (χ0n) is 40.6. The summed E-state index contributed by atoms with van der Waals surface area (Å²) < 4.78 is 0. The highest BCUT2D eigenvalue weighted by molar-refractivity contribution is 6.30. The standard InChI is InChI=1S/C49H67ClN14O8/c1-3-4-12-36(59-29(2)65)44(68)64-41-25-42(66)54-19-8-5-9-20-55-43(67)39(23-31-26-57-35-13-7-6-11-34(31)35)62-45(69)37(14-10-21-56-49(51)52)60-46(70)38(22-30-15-17-32(50)18-16-30)61-47(71)40(63-48(41)72)24-33-27-53-28-58-33/h6-7,11,13,15-18,26-28,36-41,57H,3-5,8-10,12,14,19-25H2,1-2H3,(H,53,58)(H,54,66)(H,55,67)(H,59,65)(H,60,70)(H,61,71)(H,62,69)(H,63,72)(H,64,68)(H4,51,52,56)/t36-,37-,38+,39?,40-,41-/m0/s1. The third kappa shape index (κ3) is 18.0. The Balaban J connectivity index is 1.52. The van der Waals surface area contributed by atoms with Crippen molar-refractivity contribution in [2.45, 2.75) is 127 Å². The molecule has 72 heavy (non-hydrogen) atoms. The van der Waals surface area contributed by atoms with Gasteiger partial charge in [-0.3, -0.25) is 43.3 Å². The zero-order chi connectivity index (χ0) is 52.0. The van der Waals surface area contributed by atoms with Gasteiger partial charge in [-0.25, -0.2) is 4.98 Å². The molecule has 0 aliphatic carbocycles. The number of aromatic nitrogens is 3. The second-order valence-corrected chi connectivity index (χ2v) is 18.2. The first kappa shape index (κ1) is 55.4. The summed E-state index contributed by atoms with van der Waals surface area (Å²) in [4.78, 5) is 126. The lowest BCUT2D eigenvalue weighted by molar-refractivity contribution is -0.136. The SMILES string of the molecule is CCCC[C@H](NC(C)=O)C(=O)N[C@H]1CC(=O)NCCCCCNC(=O)C(Cc2c[nH]c3ccccc23)NC(=O)[C@H](CCCN=C(N)N)NC(=O)[C@@H](Cc2ccc(Cl)cc2)NC(=O)[C@H](Cc2cnc[nH]2)NC1=O. The van der Waals surface area contributed by atoms with Gasteiger partial charge < -0.3 is 64.0 Å². The van der Waals surface area contributed by atoms with E-state index >= 15 is 0 Å². The van der Waals surface area contributed by atoms with Crippen LogP contribution in [0, 0.1) is 0 Å². The Morgan fingerprint density at radius 1 is 0.778 bits per heavy atom. The Bertz CT molecular complexity index is 2490. The van der Waals surface area contributed by atoms with E-state index in [1.807, 2.05) is 31.2 Å². The molecule has 1 aliphatic heterocycles. The van der Waals surface area contributed by atoms with Crippen molar-refractivity contribution in [3.05, 3.63) is 89.1 Å². The zero-order valence-corrected chi connectivity index (χ0v) is 41.4. The molecule has 5 rings (SSSR count). The van der Waals surface area contributed by atoms with Crippen LogP contribution in [0.1, 0.15) is 88.5 Å². The van der Waals surface area contributed by atoms with E-state index in [9.17, 15) is 38.4 Å². The summed E-state index contributed by atoms with van der Waals surface area (Å²) in [5.41, 5.74) is 13.8. The van der Waals surface area contributed by atoms with Gasteiger partial charge in [-0.2, -0.15) is 0 Å². The number of nitrogens with two attached hydrogens (primary N) is 2. The van der Waals surface area contributed by atoms with Crippen molar-refractivity contribution in [3.63, 3.8) is 0 Å². The van der Waals surface area contributed by atoms with Crippen molar-refractivity contribution in [2.75, 3.05) is 19.6 Å². The summed E-state index contributed by atoms with van der Waals surface area (Å²) in [6.07, 6.45) is 7.21. The van der Waals surface area contributed by atoms with Gasteiger partial charge in [0.15, 0.2) is 5.96 Å². The van der Waals surface area contributed by atoms with E-state index in [4.69, 9.17) is 23.1 Å². The minimum Gasteiger partial charge on any atom is -0.370 e. The lowest BCUT2D eigenvalue weighted by atomic mass is 10.0. The van der Waals surface area contributed by atoms with Gasteiger partial charge in [-0.1, -0.05) is 61.7 Å². The fourth-order valence-corrected chi connectivity index (χ4v) is 8.26. The third-order valence-corrected chi connectivity index (χ3v) is 12.2. The Hall–Kier alpha value is -7.49. The van der Waals surface area contributed by atoms with Crippen molar-refractivity contribution in [3.8, 4) is 0 Å². The molecule has 2 aromatic carbocycles. The topological polar surface area (TPSA) is 342 Å². The molecule has 8 amide bonds. The maximum atomic E-state index is 14.7. The number of unbranched alkanes of at least 4 members (excludes halogenated alkanes) is 1. The van der Waals surface area contributed by atoms with Gasteiger partial charge >= 0.3 is 0 Å². The van der Waals surface area contributed by atoms with Crippen LogP contribution in [-0.4, -0.2) is 124 Å². The number of para-hydroxylation sites is 1. The minimum absolute atomic E-state index is 0.0109. The summed E-state index contributed by atoms with van der Waals surface area (Å²) in [6.45, 7) is 3.72. The Morgan fingerprint density at radius 2 is 1.43 bits per heavy atom. The highest BCUT2D eigenvalue weighted by atomic mass is 35.5. The molecule has 22 nitrogen and oxygen atoms in total. The number of rotatable bonds is 16. The van der Waals surface area contributed by atoms with Crippen LogP contribution in [0.4, 0.5) is 0 Å². The molecule has 2 aromatic heterocycles. The number of amides is 8. The number of guanidine groups is 1. The lowest BCUT2D eigenvalue weighted by Crippen LogP contribution is -2.60. The van der Waals surface area contributed by atoms with Gasteiger partial charge in [-0.05, 0) is 67.9 Å². The van der Waals surface area contributed by atoms with E-state index in [2.05, 4.69) is 62.5 Å². The number of benzene rings is 2. The first-order valence-electron chi connectivity index (χ1n) is 24.3. The molecule has 0 saturated carbocycles. The average molecular weight is 1020 g/mol. The van der Waals surface area contributed by atoms with Crippen LogP contribution in [-0.2, 0) is 57.6 Å². The molecule has 0 bridgehead atoms. The predicted octanol–water partition coefficient (Wildman–Crippen LogP) is 0.551. The van der Waals surface area contributed by atoms with Gasteiger partial charge in [0, 0.05) is 79.8 Å². The number of aromatic amines is 2. The number of H-pyrrole nitrogens is 2. The Labute approximate surface area is 422 Å². The molecule has 6 atom stereocenters. The molecule has 4 aromatic rings. The van der Waals surface area contributed by atoms with Crippen LogP contribution >= 0.6 is 11.6 Å². The molecular weight excluding hydrogens is 948 g/mol. The molecule has 0 radical (unpaired) electrons. The number of carbonyl (C=O) groups excluding carboxylic acids is 8. The molecule has 1 saturated heterocycles. The van der Waals surface area contributed by atoms with Crippen LogP contribution < -0.4 is 54.0 Å². The molecule has 3 heterocycles. The number of aliphatic imine (C=N–C) groups is 1. The summed E-state index contributed by atoms with van der Waals surface area (Å²) in [5, 5.41) is 23.3. The predicted molar refractivity (Wildman–Crippen MR) is 271 cm³/mol. The van der Waals surface area contributed by atoms with Crippen LogP contribution in [0.3, 0.4) is 0 Å². The first-order chi connectivity index (χ1) is 34.6. The molecule has 1 fully saturated rings. The van der Waals surface area contributed by atoms with Gasteiger partial charge in [-0.15, -0.1) is 0 Å². The molecule has 23 heteroatoms. The van der Waals surface area contributed by atoms with Crippen LogP contribution in [0.2, 0.25) is 5.02 Å². The number of nitrogens with one attached hydrogen (secondary N) is 10. The minimum atomic E-state index is -1.52. The Kier molecular flexibility index (Phi) is 21.9. The second kappa shape index (κ2) is 28.4. The quantitative estimate of drug-likeness (QED) is 0.0418. The van der Waals surface area contributed by atoms with Crippen molar-refractivity contribution >= 4 is 75.7 Å². The summed E-state index contributed by atoms with van der Waals surface area (Å²) in [5.74, 6) is -5.62. The average Bonchev–Trinajstić information content (AvgIpc) is 4.02. The molecule has 1 aliphatic rings. The lowest BCUT2D eigenvalue weighted by Gasteiger charge is -2.27. The van der Waals surface area contributed by atoms with Gasteiger partial charge in [0.2, 0.25) is 47.3 Å². The number of hydrogen-bond donors (Lipinski definition) is 12. The van der Waals surface area contributed by atoms with Crippen molar-refractivity contribution in [2.24, 2.45) is 16.5 Å². The van der Waals surface area contributed by atoms with Crippen LogP contribution in [0.5, 0.6) is 0 Å². The van der Waals surface area contributed by atoms with Crippen molar-refractivity contribution in [1.29, 1.82) is 0 Å². The molecule has 1 unspecified atom stereocenters. The summed E-state index contributed by atoms with van der Waals surface area (Å²) in [7, 11) is 0. The number of hydrogen-bond acceptors (Lipinski definition) is 10. The van der Waals surface area contributed by atoms with E-state index in [1.165, 1.54) is 19.4 Å². The van der Waals surface area contributed by atoms with Crippen LogP contribution in [0.15, 0.2) is 72.2 Å². The van der Waals surface area contributed by atoms with Crippen molar-refractivity contribution in [1.82, 2.24) is 57.5 Å². The highest BCUT2D eigenvalue weighted by Crippen LogP contribution is 2.20. The van der Waals surface area contributed by atoms with Gasteiger partial charge in [0.05, 0.1) is 12.7 Å². The normalized spacial score (nSPS) is 20.6. The maximum Gasteiger partial charge on any atom is 0.243 e. The Morgan fingerprint density at radius 3 is 2.11 bits per heavy atom. The number of halogens is 1. The molecule has 388 valence electrons. The van der Waals surface area contributed by atoms with Gasteiger partial charge in [0.25, 0.3) is 0 Å². The van der Waals surface area contributed by atoms with E-state index in [0.29, 0.717) is 48.4 Å². The highest BCUT2D eigenvalue weighted by Gasteiger charge is 2.35. The second-order valence-electron chi connectivity index (χ2n) is 17.7. The molecule has 14 N–H and O–H groups in total. The van der Waals surface area contributed by atoms with E-state index in [1.54, 1.807) is 30.5 Å². The monoisotopic (exact) mass is 1010 g/mol. The first-order valence-corrected chi connectivity index (χ1v) is 24.6. The molecular formula is C49H67ClN14O8. The van der Waals surface area contributed by atoms with Gasteiger partial charge in [0.1, 0.15) is 36.3 Å². The number of carbonyl (C=O) groups is 8. The maximum absolute atomic E-state index is 14.7. The van der Waals surface area contributed by atoms with Crippen LogP contribution in [0.25, 0.3) is 10.9 Å².